The van der Waals surface area contributed by atoms with Crippen molar-refractivity contribution in [3.8, 4) is 0 Å². The van der Waals surface area contributed by atoms with E-state index in [-0.39, 0.29) is 0 Å². The maximum Gasteiger partial charge on any atom is 0.0779 e. The number of benzene rings is 1. The minimum absolute atomic E-state index is 0.430. The average Bonchev–Trinajstić information content (AvgIpc) is 2.49. The van der Waals surface area contributed by atoms with Gasteiger partial charge in [-0.2, -0.15) is 0 Å². The molecule has 1 aromatic carbocycles. The summed E-state index contributed by atoms with van der Waals surface area (Å²) >= 11 is 3.62. The zero-order valence-electron chi connectivity index (χ0n) is 12.1. The fourth-order valence-corrected chi connectivity index (χ4v) is 3.89. The summed E-state index contributed by atoms with van der Waals surface area (Å²) in [5.74, 6) is 0. The summed E-state index contributed by atoms with van der Waals surface area (Å²) in [6.07, 6.45) is 5.55. The molecule has 1 saturated heterocycles. The molecule has 20 heavy (non-hydrogen) atoms. The van der Waals surface area contributed by atoms with Crippen LogP contribution < -0.4 is 10.2 Å². The molecule has 2 atom stereocenters. The maximum absolute atomic E-state index is 5.99. The Labute approximate surface area is 129 Å². The number of hydrogen-bond acceptors (Lipinski definition) is 3. The first-order valence-electron chi connectivity index (χ1n) is 7.61. The quantitative estimate of drug-likeness (QED) is 0.914. The summed E-state index contributed by atoms with van der Waals surface area (Å²) in [5.41, 5.74) is 2.75. The molecule has 2 fully saturated rings. The van der Waals surface area contributed by atoms with Crippen molar-refractivity contribution in [2.24, 2.45) is 0 Å². The van der Waals surface area contributed by atoms with Gasteiger partial charge in [-0.25, -0.2) is 0 Å². The summed E-state index contributed by atoms with van der Waals surface area (Å²) in [6.45, 7) is 2.78. The highest BCUT2D eigenvalue weighted by Gasteiger charge is 2.34. The van der Waals surface area contributed by atoms with Crippen LogP contribution in [0.25, 0.3) is 0 Å². The van der Waals surface area contributed by atoms with E-state index in [2.05, 4.69) is 44.3 Å². The standard InChI is InChI=1S/C16H23BrN2O/c1-18-11-12-6-7-13(17)10-15(12)19-8-9-20-16-5-3-2-4-14(16)19/h6-7,10,14,16,18H,2-5,8-9,11H2,1H3. The molecular formula is C16H23BrN2O. The van der Waals surface area contributed by atoms with Crippen LogP contribution in [0.2, 0.25) is 0 Å². The van der Waals surface area contributed by atoms with Crippen molar-refractivity contribution in [2.75, 3.05) is 25.1 Å². The Morgan fingerprint density at radius 3 is 3.05 bits per heavy atom. The molecule has 1 saturated carbocycles. The summed E-state index contributed by atoms with van der Waals surface area (Å²) in [5, 5.41) is 3.28. The van der Waals surface area contributed by atoms with E-state index in [0.29, 0.717) is 12.1 Å². The number of halogens is 1. The van der Waals surface area contributed by atoms with E-state index in [1.165, 1.54) is 36.9 Å². The van der Waals surface area contributed by atoms with E-state index in [4.69, 9.17) is 4.74 Å². The predicted octanol–water partition coefficient (Wildman–Crippen LogP) is 3.32. The Balaban J connectivity index is 1.91. The number of nitrogens with zero attached hydrogens (tertiary/aromatic N) is 1. The van der Waals surface area contributed by atoms with Gasteiger partial charge in [-0.3, -0.25) is 0 Å². The monoisotopic (exact) mass is 338 g/mol. The highest BCUT2D eigenvalue weighted by molar-refractivity contribution is 9.10. The van der Waals surface area contributed by atoms with Gasteiger partial charge in [0, 0.05) is 23.2 Å². The van der Waals surface area contributed by atoms with Gasteiger partial charge in [0.1, 0.15) is 0 Å². The van der Waals surface area contributed by atoms with E-state index < -0.39 is 0 Å². The van der Waals surface area contributed by atoms with Crippen LogP contribution in [0.4, 0.5) is 5.69 Å². The molecule has 0 amide bonds. The van der Waals surface area contributed by atoms with Gasteiger partial charge in [-0.05, 0) is 37.6 Å². The molecule has 3 rings (SSSR count). The highest BCUT2D eigenvalue weighted by atomic mass is 79.9. The average molecular weight is 339 g/mol. The number of ether oxygens (including phenoxy) is 1. The Kier molecular flexibility index (Phi) is 4.64. The van der Waals surface area contributed by atoms with Crippen LogP contribution in [0.15, 0.2) is 22.7 Å². The van der Waals surface area contributed by atoms with Crippen molar-refractivity contribution in [3.63, 3.8) is 0 Å². The van der Waals surface area contributed by atoms with Crippen LogP contribution in [0.5, 0.6) is 0 Å². The number of morpholine rings is 1. The van der Waals surface area contributed by atoms with Crippen LogP contribution in [0, 0.1) is 0 Å². The van der Waals surface area contributed by atoms with Gasteiger partial charge >= 0.3 is 0 Å². The molecule has 110 valence electrons. The Morgan fingerprint density at radius 1 is 1.35 bits per heavy atom. The SMILES string of the molecule is CNCc1ccc(Br)cc1N1CCOC2CCCCC21. The lowest BCUT2D eigenvalue weighted by Crippen LogP contribution is -2.53. The van der Waals surface area contributed by atoms with Gasteiger partial charge in [0.25, 0.3) is 0 Å². The van der Waals surface area contributed by atoms with Gasteiger partial charge in [-0.1, -0.05) is 34.8 Å². The molecule has 3 nitrogen and oxygen atoms in total. The van der Waals surface area contributed by atoms with Gasteiger partial charge in [0.15, 0.2) is 0 Å². The minimum Gasteiger partial charge on any atom is -0.374 e. The first-order chi connectivity index (χ1) is 9.79. The van der Waals surface area contributed by atoms with Crippen LogP contribution in [-0.4, -0.2) is 32.3 Å². The molecule has 4 heteroatoms. The van der Waals surface area contributed by atoms with Crippen LogP contribution in [0.1, 0.15) is 31.2 Å². The first-order valence-corrected chi connectivity index (χ1v) is 8.40. The maximum atomic E-state index is 5.99. The largest absolute Gasteiger partial charge is 0.374 e. The van der Waals surface area contributed by atoms with Crippen LogP contribution in [-0.2, 0) is 11.3 Å². The Hall–Kier alpha value is -0.580. The second-order valence-corrected chi connectivity index (χ2v) is 6.67. The van der Waals surface area contributed by atoms with Crippen LogP contribution >= 0.6 is 15.9 Å². The number of nitrogens with one attached hydrogen (secondary N) is 1. The van der Waals surface area contributed by atoms with Crippen molar-refractivity contribution in [2.45, 2.75) is 44.4 Å². The highest BCUT2D eigenvalue weighted by Crippen LogP contribution is 2.34. The molecule has 1 aromatic rings. The molecule has 1 aliphatic heterocycles. The lowest BCUT2D eigenvalue weighted by atomic mass is 9.89. The smallest absolute Gasteiger partial charge is 0.0779 e. The molecular weight excluding hydrogens is 316 g/mol. The van der Waals surface area contributed by atoms with E-state index in [1.54, 1.807) is 0 Å². The molecule has 2 unspecified atom stereocenters. The first kappa shape index (κ1) is 14.4. The van der Waals surface area contributed by atoms with Gasteiger partial charge in [0.05, 0.1) is 18.8 Å². The molecule has 2 aliphatic rings. The summed E-state index contributed by atoms with van der Waals surface area (Å²) < 4.78 is 7.15. The lowest BCUT2D eigenvalue weighted by molar-refractivity contribution is -0.00874. The topological polar surface area (TPSA) is 24.5 Å². The van der Waals surface area contributed by atoms with Crippen molar-refractivity contribution < 1.29 is 4.74 Å². The van der Waals surface area contributed by atoms with Gasteiger partial charge in [-0.15, -0.1) is 0 Å². The van der Waals surface area contributed by atoms with Gasteiger partial charge in [0.2, 0.25) is 0 Å². The third-order valence-corrected chi connectivity index (χ3v) is 4.95. The van der Waals surface area contributed by atoms with E-state index >= 15 is 0 Å². The van der Waals surface area contributed by atoms with Gasteiger partial charge < -0.3 is 15.0 Å². The molecule has 1 aliphatic carbocycles. The predicted molar refractivity (Wildman–Crippen MR) is 86.2 cm³/mol. The lowest BCUT2D eigenvalue weighted by Gasteiger charge is -2.45. The molecule has 0 bridgehead atoms. The summed E-state index contributed by atoms with van der Waals surface area (Å²) in [6, 6.07) is 7.18. The van der Waals surface area contributed by atoms with Crippen molar-refractivity contribution in [1.29, 1.82) is 0 Å². The normalized spacial score (nSPS) is 26.4. The third kappa shape index (κ3) is 2.87. The van der Waals surface area contributed by atoms with Crippen molar-refractivity contribution in [1.82, 2.24) is 5.32 Å². The number of fused-ring (bicyclic) bond motifs is 1. The fraction of sp³-hybridized carbons (Fsp3) is 0.625. The number of anilines is 1. The molecule has 0 spiro atoms. The van der Waals surface area contributed by atoms with E-state index in [0.717, 1.165) is 24.2 Å². The molecule has 1 heterocycles. The third-order valence-electron chi connectivity index (χ3n) is 4.46. The summed E-state index contributed by atoms with van der Waals surface area (Å²) in [7, 11) is 2.01. The zero-order chi connectivity index (χ0) is 13.9. The fourth-order valence-electron chi connectivity index (χ4n) is 3.54. The second-order valence-electron chi connectivity index (χ2n) is 5.76. The number of rotatable bonds is 3. The second kappa shape index (κ2) is 6.46. The van der Waals surface area contributed by atoms with Crippen molar-refractivity contribution in [3.05, 3.63) is 28.2 Å². The van der Waals surface area contributed by atoms with E-state index in [9.17, 15) is 0 Å². The molecule has 1 N–H and O–H groups in total. The summed E-state index contributed by atoms with van der Waals surface area (Å²) in [4.78, 5) is 2.59. The zero-order valence-corrected chi connectivity index (χ0v) is 13.7. The van der Waals surface area contributed by atoms with Crippen LogP contribution in [0.3, 0.4) is 0 Å². The van der Waals surface area contributed by atoms with E-state index in [1.807, 2.05) is 7.05 Å². The number of hydrogen-bond donors (Lipinski definition) is 1. The minimum atomic E-state index is 0.430. The molecule has 0 aromatic heterocycles. The Bertz CT molecular complexity index is 464. The van der Waals surface area contributed by atoms with Crippen molar-refractivity contribution >= 4 is 21.6 Å². The molecule has 0 radical (unpaired) electrons. The Morgan fingerprint density at radius 2 is 2.20 bits per heavy atom.